The van der Waals surface area contributed by atoms with Crippen LogP contribution in [0.5, 0.6) is 5.75 Å². The van der Waals surface area contributed by atoms with Gasteiger partial charge in [0.1, 0.15) is 11.4 Å². The number of aromatic nitrogens is 1. The van der Waals surface area contributed by atoms with E-state index in [-0.39, 0.29) is 5.96 Å². The van der Waals surface area contributed by atoms with Gasteiger partial charge in [0, 0.05) is 30.6 Å². The number of aliphatic imine (C=N–C) groups is 1. The summed E-state index contributed by atoms with van der Waals surface area (Å²) in [7, 11) is 1.62. The molecule has 0 saturated carbocycles. The van der Waals surface area contributed by atoms with Crippen molar-refractivity contribution in [3.63, 3.8) is 0 Å². The molecule has 0 aliphatic rings. The lowest BCUT2D eigenvalue weighted by Gasteiger charge is -2.17. The summed E-state index contributed by atoms with van der Waals surface area (Å²) in [4.78, 5) is 21.4. The number of fused-ring (bicyclic) bond motifs is 1. The van der Waals surface area contributed by atoms with Gasteiger partial charge in [0.2, 0.25) is 0 Å². The fourth-order valence-corrected chi connectivity index (χ4v) is 2.83. The zero-order valence-electron chi connectivity index (χ0n) is 16.1. The molecule has 1 heterocycles. The number of amides is 1. The number of carbonyl (C=O) groups excluding carboxylic acids is 1. The molecule has 0 atom stereocenters. The highest BCUT2D eigenvalue weighted by molar-refractivity contribution is 6.04. The number of nitrogens with two attached hydrogens (primary N) is 1. The molecule has 0 radical (unpaired) electrons. The highest BCUT2D eigenvalue weighted by Gasteiger charge is 2.12. The number of nitrogens with one attached hydrogen (secondary N) is 2. The smallest absolute Gasteiger partial charge is 0.296 e. The molecule has 4 N–H and O–H groups in total. The fourth-order valence-electron chi connectivity index (χ4n) is 2.83. The molecular weight excluding hydrogens is 330 g/mol. The van der Waals surface area contributed by atoms with E-state index in [1.165, 1.54) is 0 Å². The molecule has 2 aromatic rings. The van der Waals surface area contributed by atoms with E-state index in [0.29, 0.717) is 12.3 Å². The molecule has 0 spiro atoms. The molecule has 1 amide bonds. The lowest BCUT2D eigenvalue weighted by molar-refractivity contribution is 0.0998. The Balaban J connectivity index is 2.08. The Morgan fingerprint density at radius 1 is 1.31 bits per heavy atom. The van der Waals surface area contributed by atoms with E-state index in [1.807, 2.05) is 19.1 Å². The van der Waals surface area contributed by atoms with Crippen LogP contribution in [0.4, 0.5) is 0 Å². The van der Waals surface area contributed by atoms with E-state index >= 15 is 0 Å². The van der Waals surface area contributed by atoms with Gasteiger partial charge in [0.05, 0.1) is 6.61 Å². The van der Waals surface area contributed by atoms with Crippen molar-refractivity contribution >= 4 is 22.8 Å². The van der Waals surface area contributed by atoms with Crippen molar-refractivity contribution < 1.29 is 9.53 Å². The average molecular weight is 359 g/mol. The Morgan fingerprint density at radius 3 is 2.69 bits per heavy atom. The molecule has 2 rings (SSSR count). The van der Waals surface area contributed by atoms with E-state index in [0.717, 1.165) is 48.3 Å². The number of hydrogen-bond acceptors (Lipinski definition) is 3. The van der Waals surface area contributed by atoms with Gasteiger partial charge in [-0.15, -0.1) is 0 Å². The van der Waals surface area contributed by atoms with Crippen molar-refractivity contribution in [1.82, 2.24) is 15.2 Å². The van der Waals surface area contributed by atoms with E-state index in [1.54, 1.807) is 13.1 Å². The van der Waals surface area contributed by atoms with E-state index in [2.05, 4.69) is 34.0 Å². The molecule has 7 heteroatoms. The maximum absolute atomic E-state index is 12.1. The molecule has 0 unspecified atom stereocenters. The van der Waals surface area contributed by atoms with E-state index in [9.17, 15) is 4.79 Å². The third kappa shape index (κ3) is 4.98. The van der Waals surface area contributed by atoms with Gasteiger partial charge in [-0.3, -0.25) is 4.79 Å². The number of ether oxygens (including phenoxy) is 1. The van der Waals surface area contributed by atoms with Gasteiger partial charge in [0.15, 0.2) is 5.96 Å². The van der Waals surface area contributed by atoms with Gasteiger partial charge < -0.3 is 25.7 Å². The van der Waals surface area contributed by atoms with Gasteiger partial charge in [0.25, 0.3) is 5.91 Å². The molecule has 0 saturated heterocycles. The molecule has 0 fully saturated rings. The Bertz CT molecular complexity index is 778. The predicted molar refractivity (Wildman–Crippen MR) is 106 cm³/mol. The topological polar surface area (TPSA) is 95.7 Å². The first kappa shape index (κ1) is 19.8. The summed E-state index contributed by atoms with van der Waals surface area (Å²) in [6.07, 6.45) is 0.977. The highest BCUT2D eigenvalue weighted by atomic mass is 16.5. The van der Waals surface area contributed by atoms with Crippen molar-refractivity contribution in [2.24, 2.45) is 10.7 Å². The minimum absolute atomic E-state index is 0.0857. The van der Waals surface area contributed by atoms with Crippen molar-refractivity contribution in [2.75, 3.05) is 33.3 Å². The lowest BCUT2D eigenvalue weighted by atomic mass is 10.1. The van der Waals surface area contributed by atoms with Gasteiger partial charge in [-0.1, -0.05) is 13.8 Å². The second-order valence-electron chi connectivity index (χ2n) is 6.17. The first-order valence-electron chi connectivity index (χ1n) is 9.03. The number of H-pyrrole nitrogens is 1. The summed E-state index contributed by atoms with van der Waals surface area (Å²) >= 11 is 0. The van der Waals surface area contributed by atoms with Crippen LogP contribution in [-0.2, 0) is 0 Å². The fraction of sp³-hybridized carbons (Fsp3) is 0.474. The van der Waals surface area contributed by atoms with Crippen LogP contribution in [0, 0.1) is 6.92 Å². The standard InChI is InChI=1S/C19H29N5O2/c1-5-24(6-2)8-7-9-26-14-10-13(3)15-12-17(22-16(15)11-14)18(25)23-19(20)21-4/h10-12,22H,5-9H2,1-4H3,(H3,20,21,23,25). The predicted octanol–water partition coefficient (Wildman–Crippen LogP) is 2.26. The Morgan fingerprint density at radius 2 is 2.04 bits per heavy atom. The molecule has 0 aliphatic heterocycles. The van der Waals surface area contributed by atoms with Gasteiger partial charge in [-0.25, -0.2) is 0 Å². The molecule has 1 aromatic heterocycles. The summed E-state index contributed by atoms with van der Waals surface area (Å²) in [6.45, 7) is 10.1. The maximum atomic E-state index is 12.1. The van der Waals surface area contributed by atoms with E-state index in [4.69, 9.17) is 10.5 Å². The number of carbonyl (C=O) groups is 1. The van der Waals surface area contributed by atoms with Crippen molar-refractivity contribution in [1.29, 1.82) is 0 Å². The number of aromatic amines is 1. The number of benzene rings is 1. The van der Waals surface area contributed by atoms with Crippen molar-refractivity contribution in [2.45, 2.75) is 27.2 Å². The monoisotopic (exact) mass is 359 g/mol. The quantitative estimate of drug-likeness (QED) is 0.382. The zero-order valence-corrected chi connectivity index (χ0v) is 16.1. The van der Waals surface area contributed by atoms with Crippen LogP contribution in [-0.4, -0.2) is 55.0 Å². The summed E-state index contributed by atoms with van der Waals surface area (Å²) in [5.74, 6) is 0.477. The molecule has 142 valence electrons. The molecular formula is C19H29N5O2. The number of hydrogen-bond donors (Lipinski definition) is 3. The Hall–Kier alpha value is -2.54. The van der Waals surface area contributed by atoms with Crippen LogP contribution in [0.15, 0.2) is 23.2 Å². The SMILES string of the molecule is CCN(CC)CCCOc1cc(C)c2cc(C(=O)N=C(N)NC)[nH]c2c1. The summed E-state index contributed by atoms with van der Waals surface area (Å²) in [5.41, 5.74) is 7.85. The molecule has 26 heavy (non-hydrogen) atoms. The molecule has 0 bridgehead atoms. The summed E-state index contributed by atoms with van der Waals surface area (Å²) < 4.78 is 5.90. The van der Waals surface area contributed by atoms with Crippen LogP contribution in [0.2, 0.25) is 0 Å². The maximum Gasteiger partial charge on any atom is 0.296 e. The minimum atomic E-state index is -0.408. The first-order chi connectivity index (χ1) is 12.5. The number of aryl methyl sites for hydroxylation is 1. The first-order valence-corrected chi connectivity index (χ1v) is 9.03. The average Bonchev–Trinajstić information content (AvgIpc) is 3.06. The van der Waals surface area contributed by atoms with Crippen LogP contribution < -0.4 is 15.8 Å². The third-order valence-electron chi connectivity index (χ3n) is 4.41. The van der Waals surface area contributed by atoms with Gasteiger partial charge in [-0.2, -0.15) is 4.99 Å². The van der Waals surface area contributed by atoms with Gasteiger partial charge in [-0.05, 0) is 44.1 Å². The van der Waals surface area contributed by atoms with Crippen LogP contribution in [0.25, 0.3) is 10.9 Å². The number of guanidine groups is 1. The highest BCUT2D eigenvalue weighted by Crippen LogP contribution is 2.26. The van der Waals surface area contributed by atoms with Crippen molar-refractivity contribution in [3.05, 3.63) is 29.5 Å². The molecule has 1 aromatic carbocycles. The van der Waals surface area contributed by atoms with Crippen LogP contribution in [0.3, 0.4) is 0 Å². The largest absolute Gasteiger partial charge is 0.493 e. The van der Waals surface area contributed by atoms with Gasteiger partial charge >= 0.3 is 0 Å². The second kappa shape index (κ2) is 9.24. The third-order valence-corrected chi connectivity index (χ3v) is 4.41. The zero-order chi connectivity index (χ0) is 19.1. The van der Waals surface area contributed by atoms with Crippen LogP contribution >= 0.6 is 0 Å². The Kier molecular flexibility index (Phi) is 7.03. The summed E-state index contributed by atoms with van der Waals surface area (Å²) in [6, 6.07) is 5.71. The summed E-state index contributed by atoms with van der Waals surface area (Å²) in [5, 5.41) is 3.61. The minimum Gasteiger partial charge on any atom is -0.493 e. The van der Waals surface area contributed by atoms with Crippen LogP contribution in [0.1, 0.15) is 36.3 Å². The molecule has 7 nitrogen and oxygen atoms in total. The Labute approximate surface area is 154 Å². The second-order valence-corrected chi connectivity index (χ2v) is 6.17. The van der Waals surface area contributed by atoms with Crippen molar-refractivity contribution in [3.8, 4) is 5.75 Å². The lowest BCUT2D eigenvalue weighted by Crippen LogP contribution is -2.28. The number of rotatable bonds is 8. The normalized spacial score (nSPS) is 12.0. The van der Waals surface area contributed by atoms with E-state index < -0.39 is 5.91 Å². The number of nitrogens with zero attached hydrogens (tertiary/aromatic N) is 2. The molecule has 0 aliphatic carbocycles.